The molecular weight excluding hydrogens is 381 g/mol. The van der Waals surface area contributed by atoms with Crippen molar-refractivity contribution in [2.45, 2.75) is 39.8 Å². The van der Waals surface area contributed by atoms with Gasteiger partial charge in [-0.15, -0.1) is 0 Å². The first-order valence-corrected chi connectivity index (χ1v) is 9.50. The van der Waals surface area contributed by atoms with Crippen LogP contribution >= 0.6 is 0 Å². The highest BCUT2D eigenvalue weighted by Gasteiger charge is 2.64. The summed E-state index contributed by atoms with van der Waals surface area (Å²) in [7, 11) is 0. The first-order valence-electron chi connectivity index (χ1n) is 9.50. The van der Waals surface area contributed by atoms with Crippen LogP contribution in [-0.2, 0) is 11.0 Å². The Morgan fingerprint density at radius 3 is 2.41 bits per heavy atom. The zero-order chi connectivity index (χ0) is 21.2. The van der Waals surface area contributed by atoms with Crippen molar-refractivity contribution in [1.29, 1.82) is 0 Å². The number of hydrogen-bond donors (Lipinski definition) is 0. The number of para-hydroxylation sites is 1. The van der Waals surface area contributed by atoms with E-state index in [1.807, 2.05) is 20.8 Å². The molecule has 2 saturated carbocycles. The number of halogens is 3. The number of Topliss-reactive ketones (excluding diaryl/α,β-unsaturated/α-hetero) is 1. The molecule has 0 radical (unpaired) electrons. The molecule has 2 aliphatic rings. The van der Waals surface area contributed by atoms with E-state index >= 15 is 0 Å². The molecule has 4 rings (SSSR count). The van der Waals surface area contributed by atoms with Gasteiger partial charge in [-0.2, -0.15) is 18.3 Å². The number of allylic oxidation sites excluding steroid dienone is 2. The van der Waals surface area contributed by atoms with Crippen molar-refractivity contribution in [2.75, 3.05) is 0 Å². The van der Waals surface area contributed by atoms with E-state index < -0.39 is 28.6 Å². The molecule has 0 saturated heterocycles. The fraction of sp³-hybridized carbons (Fsp3) is 0.409. The minimum absolute atomic E-state index is 0.123. The predicted octanol–water partition coefficient (Wildman–Crippen LogP) is 5.03. The van der Waals surface area contributed by atoms with E-state index in [-0.39, 0.29) is 22.8 Å². The molecule has 0 aliphatic heterocycles. The number of carbonyl (C=O) groups excluding carboxylic acids is 2. The molecule has 1 heterocycles. The Kier molecular flexibility index (Phi) is 4.16. The van der Waals surface area contributed by atoms with Crippen molar-refractivity contribution in [1.82, 2.24) is 9.78 Å². The number of hydrogen-bond acceptors (Lipinski definition) is 3. The third-order valence-corrected chi connectivity index (χ3v) is 6.96. The molecule has 7 heteroatoms. The summed E-state index contributed by atoms with van der Waals surface area (Å²) in [5, 5.41) is 3.82. The molecule has 2 fully saturated rings. The maximum atomic E-state index is 13.8. The van der Waals surface area contributed by atoms with Gasteiger partial charge < -0.3 is 0 Å². The molecule has 2 atom stereocenters. The largest absolute Gasteiger partial charge is 0.434 e. The van der Waals surface area contributed by atoms with Crippen molar-refractivity contribution in [3.05, 3.63) is 59.4 Å². The van der Waals surface area contributed by atoms with Crippen LogP contribution in [0.5, 0.6) is 0 Å². The highest BCUT2D eigenvalue weighted by Crippen LogP contribution is 2.65. The summed E-state index contributed by atoms with van der Waals surface area (Å²) in [6.07, 6.45) is -1.25. The summed E-state index contributed by atoms with van der Waals surface area (Å²) in [5.74, 6) is -1.09. The number of fused-ring (bicyclic) bond motifs is 2. The summed E-state index contributed by atoms with van der Waals surface area (Å²) >= 11 is 0. The van der Waals surface area contributed by atoms with Gasteiger partial charge in [0.15, 0.2) is 17.3 Å². The van der Waals surface area contributed by atoms with Crippen LogP contribution in [0.4, 0.5) is 13.2 Å². The Labute approximate surface area is 166 Å². The lowest BCUT2D eigenvalue weighted by Gasteiger charge is -2.31. The molecule has 0 spiro atoms. The first-order chi connectivity index (χ1) is 13.5. The first kappa shape index (κ1) is 19.6. The van der Waals surface area contributed by atoms with Crippen molar-refractivity contribution in [3.8, 4) is 5.69 Å². The molecule has 4 nitrogen and oxygen atoms in total. The number of aromatic nitrogens is 2. The van der Waals surface area contributed by atoms with Gasteiger partial charge in [-0.3, -0.25) is 9.59 Å². The van der Waals surface area contributed by atoms with Gasteiger partial charge in [-0.25, -0.2) is 4.68 Å². The lowest BCUT2D eigenvalue weighted by atomic mass is 9.70. The summed E-state index contributed by atoms with van der Waals surface area (Å²) in [5.41, 5.74) is -2.04. The number of carbonyl (C=O) groups is 2. The quantitative estimate of drug-likeness (QED) is 0.535. The van der Waals surface area contributed by atoms with Crippen molar-refractivity contribution in [2.24, 2.45) is 16.7 Å². The molecular formula is C22H21F3N2O2. The van der Waals surface area contributed by atoms with E-state index in [0.29, 0.717) is 5.57 Å². The van der Waals surface area contributed by atoms with E-state index in [9.17, 15) is 22.8 Å². The van der Waals surface area contributed by atoms with Crippen molar-refractivity contribution >= 4 is 11.6 Å². The van der Waals surface area contributed by atoms with Crippen LogP contribution in [0.25, 0.3) is 5.69 Å². The standard InChI is InChI=1S/C22H21F3N2O2/c1-20(2)16-9-10-21(20,3)19(29)14(16)11-17(28)15-12-26-27(18(15)22(23,24)25)13-7-5-4-6-8-13/h4-8,11-12,16H,9-10H2,1-3H3/t16-,21+/m0/s1. The Balaban J connectivity index is 1.79. The van der Waals surface area contributed by atoms with Crippen LogP contribution in [0.3, 0.4) is 0 Å². The Morgan fingerprint density at radius 1 is 1.21 bits per heavy atom. The molecule has 2 aromatic rings. The zero-order valence-corrected chi connectivity index (χ0v) is 16.4. The molecule has 0 unspecified atom stereocenters. The second kappa shape index (κ2) is 6.15. The van der Waals surface area contributed by atoms with Gasteiger partial charge >= 0.3 is 6.18 Å². The highest BCUT2D eigenvalue weighted by atomic mass is 19.4. The molecule has 2 aliphatic carbocycles. The minimum atomic E-state index is -4.78. The van der Waals surface area contributed by atoms with Crippen LogP contribution in [0.15, 0.2) is 48.2 Å². The average molecular weight is 402 g/mol. The third-order valence-electron chi connectivity index (χ3n) is 6.96. The number of nitrogens with zero attached hydrogens (tertiary/aromatic N) is 2. The van der Waals surface area contributed by atoms with Gasteiger partial charge in [-0.1, -0.05) is 39.0 Å². The Hall–Kier alpha value is -2.70. The van der Waals surface area contributed by atoms with Gasteiger partial charge in [-0.05, 0) is 42.4 Å². The van der Waals surface area contributed by atoms with E-state index in [1.54, 1.807) is 18.2 Å². The minimum Gasteiger partial charge on any atom is -0.294 e. The molecule has 152 valence electrons. The second-order valence-corrected chi connectivity index (χ2v) is 8.59. The van der Waals surface area contributed by atoms with E-state index in [4.69, 9.17) is 0 Å². The number of benzene rings is 1. The smallest absolute Gasteiger partial charge is 0.294 e. The van der Waals surface area contributed by atoms with E-state index in [2.05, 4.69) is 5.10 Å². The van der Waals surface area contributed by atoms with Gasteiger partial charge in [0, 0.05) is 11.0 Å². The summed E-state index contributed by atoms with van der Waals surface area (Å²) in [6.45, 7) is 5.86. The maximum Gasteiger partial charge on any atom is 0.434 e. The highest BCUT2D eigenvalue weighted by molar-refractivity contribution is 6.13. The van der Waals surface area contributed by atoms with Gasteiger partial charge in [0.25, 0.3) is 0 Å². The monoisotopic (exact) mass is 402 g/mol. The lowest BCUT2D eigenvalue weighted by molar-refractivity contribution is -0.143. The predicted molar refractivity (Wildman–Crippen MR) is 101 cm³/mol. The Bertz CT molecular complexity index is 1030. The summed E-state index contributed by atoms with van der Waals surface area (Å²) in [4.78, 5) is 25.8. The van der Waals surface area contributed by atoms with Crippen LogP contribution in [0, 0.1) is 16.7 Å². The SMILES string of the molecule is CC1(C)[C@H]2CC[C@]1(C)C(=O)C2=CC(=O)c1cnn(-c2ccccc2)c1C(F)(F)F. The molecule has 0 amide bonds. The van der Waals surface area contributed by atoms with Gasteiger partial charge in [0.1, 0.15) is 0 Å². The number of ketones is 2. The van der Waals surface area contributed by atoms with E-state index in [1.165, 1.54) is 12.1 Å². The van der Waals surface area contributed by atoms with E-state index in [0.717, 1.165) is 29.8 Å². The number of rotatable bonds is 3. The van der Waals surface area contributed by atoms with Gasteiger partial charge in [0.05, 0.1) is 17.4 Å². The third kappa shape index (κ3) is 2.70. The Morgan fingerprint density at radius 2 is 1.86 bits per heavy atom. The lowest BCUT2D eigenvalue weighted by Crippen LogP contribution is -2.32. The topological polar surface area (TPSA) is 52.0 Å². The maximum absolute atomic E-state index is 13.8. The fourth-order valence-corrected chi connectivity index (χ4v) is 4.88. The van der Waals surface area contributed by atoms with Gasteiger partial charge in [0.2, 0.25) is 0 Å². The molecule has 1 aromatic carbocycles. The summed E-state index contributed by atoms with van der Waals surface area (Å²) < 4.78 is 42.2. The molecule has 2 bridgehead atoms. The van der Waals surface area contributed by atoms with Crippen LogP contribution < -0.4 is 0 Å². The normalized spacial score (nSPS) is 27.0. The number of alkyl halides is 3. The molecule has 1 aromatic heterocycles. The average Bonchev–Trinajstić information content (AvgIpc) is 3.24. The van der Waals surface area contributed by atoms with Crippen molar-refractivity contribution in [3.63, 3.8) is 0 Å². The summed E-state index contributed by atoms with van der Waals surface area (Å²) in [6, 6.07) is 7.84. The molecule has 29 heavy (non-hydrogen) atoms. The van der Waals surface area contributed by atoms with Crippen LogP contribution in [0.2, 0.25) is 0 Å². The van der Waals surface area contributed by atoms with Crippen LogP contribution in [-0.4, -0.2) is 21.3 Å². The van der Waals surface area contributed by atoms with Crippen molar-refractivity contribution < 1.29 is 22.8 Å². The molecule has 0 N–H and O–H groups in total. The fourth-order valence-electron chi connectivity index (χ4n) is 4.88. The zero-order valence-electron chi connectivity index (χ0n) is 16.4. The second-order valence-electron chi connectivity index (χ2n) is 8.59. The van der Waals surface area contributed by atoms with Crippen LogP contribution in [0.1, 0.15) is 49.7 Å².